The van der Waals surface area contributed by atoms with Crippen molar-refractivity contribution in [3.05, 3.63) is 39.9 Å². The quantitative estimate of drug-likeness (QED) is 0.849. The van der Waals surface area contributed by atoms with Gasteiger partial charge in [-0.05, 0) is 30.7 Å². The normalized spacial score (nSPS) is 19.5. The SMILES string of the molecule is C[C@@H]1CNC(=O)CCN1C(=O)/C=C/c1ccc(Cl)c(Cl)c1. The van der Waals surface area contributed by atoms with Crippen LogP contribution < -0.4 is 5.32 Å². The fraction of sp³-hybridized carbons (Fsp3) is 0.333. The summed E-state index contributed by atoms with van der Waals surface area (Å²) < 4.78 is 0. The van der Waals surface area contributed by atoms with E-state index in [1.807, 2.05) is 6.92 Å². The Labute approximate surface area is 133 Å². The second-order valence-corrected chi connectivity index (χ2v) is 5.76. The minimum Gasteiger partial charge on any atom is -0.354 e. The predicted octanol–water partition coefficient (Wildman–Crippen LogP) is 2.74. The molecule has 0 saturated carbocycles. The van der Waals surface area contributed by atoms with E-state index in [-0.39, 0.29) is 17.9 Å². The molecule has 1 fully saturated rings. The summed E-state index contributed by atoms with van der Waals surface area (Å²) in [5.74, 6) is -0.143. The Bertz CT molecular complexity index is 587. The molecule has 1 N–H and O–H groups in total. The lowest BCUT2D eigenvalue weighted by Gasteiger charge is -2.25. The van der Waals surface area contributed by atoms with Crippen LogP contribution >= 0.6 is 23.2 Å². The van der Waals surface area contributed by atoms with Crippen LogP contribution in [0.25, 0.3) is 6.08 Å². The third-order valence-electron chi connectivity index (χ3n) is 3.35. The molecule has 1 aliphatic rings. The summed E-state index contributed by atoms with van der Waals surface area (Å²) in [4.78, 5) is 25.3. The summed E-state index contributed by atoms with van der Waals surface area (Å²) in [7, 11) is 0. The molecular formula is C15H16Cl2N2O2. The first-order valence-corrected chi connectivity index (χ1v) is 7.43. The molecule has 2 rings (SSSR count). The number of nitrogens with one attached hydrogen (secondary N) is 1. The summed E-state index contributed by atoms with van der Waals surface area (Å²) in [5, 5.41) is 3.70. The molecule has 1 aromatic rings. The van der Waals surface area contributed by atoms with Gasteiger partial charge < -0.3 is 10.2 Å². The zero-order valence-electron chi connectivity index (χ0n) is 11.6. The van der Waals surface area contributed by atoms with Gasteiger partial charge in [-0.1, -0.05) is 29.3 Å². The molecule has 0 unspecified atom stereocenters. The van der Waals surface area contributed by atoms with E-state index in [0.29, 0.717) is 29.6 Å². The molecule has 6 heteroatoms. The highest BCUT2D eigenvalue weighted by molar-refractivity contribution is 6.42. The molecule has 0 radical (unpaired) electrons. The number of carbonyl (C=O) groups is 2. The molecule has 1 heterocycles. The lowest BCUT2D eigenvalue weighted by molar-refractivity contribution is -0.127. The Morgan fingerprint density at radius 2 is 2.14 bits per heavy atom. The lowest BCUT2D eigenvalue weighted by Crippen LogP contribution is -2.40. The van der Waals surface area contributed by atoms with Crippen LogP contribution in [0, 0.1) is 0 Å². The predicted molar refractivity (Wildman–Crippen MR) is 84.3 cm³/mol. The number of benzene rings is 1. The van der Waals surface area contributed by atoms with Crippen molar-refractivity contribution in [1.29, 1.82) is 0 Å². The molecule has 1 aromatic carbocycles. The van der Waals surface area contributed by atoms with Gasteiger partial charge in [-0.3, -0.25) is 9.59 Å². The maximum atomic E-state index is 12.2. The monoisotopic (exact) mass is 326 g/mol. The summed E-state index contributed by atoms with van der Waals surface area (Å²) in [6, 6.07) is 5.15. The van der Waals surface area contributed by atoms with Crippen molar-refractivity contribution < 1.29 is 9.59 Å². The molecule has 0 spiro atoms. The van der Waals surface area contributed by atoms with Gasteiger partial charge in [0.25, 0.3) is 0 Å². The average molecular weight is 327 g/mol. The minimum atomic E-state index is -0.120. The van der Waals surface area contributed by atoms with Gasteiger partial charge >= 0.3 is 0 Å². The van der Waals surface area contributed by atoms with Crippen LogP contribution in [0.15, 0.2) is 24.3 Å². The third-order valence-corrected chi connectivity index (χ3v) is 4.09. The number of rotatable bonds is 2. The summed E-state index contributed by atoms with van der Waals surface area (Å²) in [6.07, 6.45) is 3.51. The maximum Gasteiger partial charge on any atom is 0.246 e. The van der Waals surface area contributed by atoms with Crippen molar-refractivity contribution >= 4 is 41.1 Å². The number of hydrogen-bond acceptors (Lipinski definition) is 2. The topological polar surface area (TPSA) is 49.4 Å². The second kappa shape index (κ2) is 6.96. The van der Waals surface area contributed by atoms with Gasteiger partial charge in [-0.15, -0.1) is 0 Å². The summed E-state index contributed by atoms with van der Waals surface area (Å²) in [5.41, 5.74) is 0.800. The van der Waals surface area contributed by atoms with Gasteiger partial charge in [0, 0.05) is 31.6 Å². The fourth-order valence-electron chi connectivity index (χ4n) is 2.11. The highest BCUT2D eigenvalue weighted by atomic mass is 35.5. The third kappa shape index (κ3) is 4.22. The van der Waals surface area contributed by atoms with E-state index in [0.717, 1.165) is 5.56 Å². The van der Waals surface area contributed by atoms with Crippen LogP contribution in [0.4, 0.5) is 0 Å². The Morgan fingerprint density at radius 3 is 2.86 bits per heavy atom. The van der Waals surface area contributed by atoms with Gasteiger partial charge in [0.15, 0.2) is 0 Å². The van der Waals surface area contributed by atoms with E-state index in [1.54, 1.807) is 29.2 Å². The summed E-state index contributed by atoms with van der Waals surface area (Å²) >= 11 is 11.8. The van der Waals surface area contributed by atoms with Crippen LogP contribution in [-0.4, -0.2) is 35.8 Å². The van der Waals surface area contributed by atoms with Crippen LogP contribution in [0.1, 0.15) is 18.9 Å². The van der Waals surface area contributed by atoms with Crippen molar-refractivity contribution in [1.82, 2.24) is 10.2 Å². The van der Waals surface area contributed by atoms with Crippen molar-refractivity contribution in [2.75, 3.05) is 13.1 Å². The smallest absolute Gasteiger partial charge is 0.246 e. The van der Waals surface area contributed by atoms with Gasteiger partial charge in [0.05, 0.1) is 10.0 Å². The Balaban J connectivity index is 2.07. The molecule has 1 saturated heterocycles. The zero-order chi connectivity index (χ0) is 15.4. The number of nitrogens with zero attached hydrogens (tertiary/aromatic N) is 1. The van der Waals surface area contributed by atoms with Crippen LogP contribution in [0.5, 0.6) is 0 Å². The van der Waals surface area contributed by atoms with Crippen LogP contribution in [0.2, 0.25) is 10.0 Å². The average Bonchev–Trinajstić information content (AvgIpc) is 2.62. The number of amides is 2. The Kier molecular flexibility index (Phi) is 5.26. The highest BCUT2D eigenvalue weighted by Gasteiger charge is 2.22. The van der Waals surface area contributed by atoms with Crippen LogP contribution in [0.3, 0.4) is 0 Å². The van der Waals surface area contributed by atoms with E-state index in [4.69, 9.17) is 23.2 Å². The zero-order valence-corrected chi connectivity index (χ0v) is 13.1. The van der Waals surface area contributed by atoms with E-state index in [1.165, 1.54) is 6.08 Å². The molecule has 0 aliphatic carbocycles. The molecule has 112 valence electrons. The lowest BCUT2D eigenvalue weighted by atomic mass is 10.2. The van der Waals surface area contributed by atoms with Crippen LogP contribution in [-0.2, 0) is 9.59 Å². The molecule has 0 aromatic heterocycles. The summed E-state index contributed by atoms with van der Waals surface area (Å²) in [6.45, 7) is 2.82. The van der Waals surface area contributed by atoms with Crippen molar-refractivity contribution in [2.24, 2.45) is 0 Å². The molecule has 0 bridgehead atoms. The van der Waals surface area contributed by atoms with E-state index >= 15 is 0 Å². The van der Waals surface area contributed by atoms with Gasteiger partial charge in [-0.25, -0.2) is 0 Å². The molecule has 21 heavy (non-hydrogen) atoms. The molecule has 1 aliphatic heterocycles. The highest BCUT2D eigenvalue weighted by Crippen LogP contribution is 2.23. The molecule has 1 atom stereocenters. The fourth-order valence-corrected chi connectivity index (χ4v) is 2.42. The first-order valence-electron chi connectivity index (χ1n) is 6.68. The first-order chi connectivity index (χ1) is 9.97. The number of halogens is 2. The van der Waals surface area contributed by atoms with E-state index in [2.05, 4.69) is 5.32 Å². The van der Waals surface area contributed by atoms with Crippen molar-refractivity contribution in [3.63, 3.8) is 0 Å². The minimum absolute atomic E-state index is 0.0226. The standard InChI is InChI=1S/C15H16Cl2N2O2/c1-10-9-18-14(20)6-7-19(10)15(21)5-3-11-2-4-12(16)13(17)8-11/h2-5,8,10H,6-7,9H2,1H3,(H,18,20)/b5-3+/t10-/m1/s1. The van der Waals surface area contributed by atoms with Crippen molar-refractivity contribution in [2.45, 2.75) is 19.4 Å². The second-order valence-electron chi connectivity index (χ2n) is 4.94. The number of carbonyl (C=O) groups excluding carboxylic acids is 2. The number of hydrogen-bond donors (Lipinski definition) is 1. The van der Waals surface area contributed by atoms with Crippen molar-refractivity contribution in [3.8, 4) is 0 Å². The maximum absolute atomic E-state index is 12.2. The molecular weight excluding hydrogens is 311 g/mol. The van der Waals surface area contributed by atoms with Gasteiger partial charge in [-0.2, -0.15) is 0 Å². The van der Waals surface area contributed by atoms with E-state index < -0.39 is 0 Å². The van der Waals surface area contributed by atoms with E-state index in [9.17, 15) is 9.59 Å². The molecule has 4 nitrogen and oxygen atoms in total. The Hall–Kier alpha value is -1.52. The molecule has 2 amide bonds. The Morgan fingerprint density at radius 1 is 1.38 bits per heavy atom. The van der Waals surface area contributed by atoms with Gasteiger partial charge in [0.2, 0.25) is 11.8 Å². The largest absolute Gasteiger partial charge is 0.354 e. The first kappa shape index (κ1) is 15.9. The van der Waals surface area contributed by atoms with Gasteiger partial charge in [0.1, 0.15) is 0 Å².